The number of nitriles is 1. The van der Waals surface area contributed by atoms with Gasteiger partial charge in [0.25, 0.3) is 0 Å². The van der Waals surface area contributed by atoms with E-state index in [4.69, 9.17) is 10.4 Å². The van der Waals surface area contributed by atoms with Crippen LogP contribution in [0.2, 0.25) is 0 Å². The number of rotatable bonds is 4. The lowest BCUT2D eigenvalue weighted by Gasteiger charge is -2.23. The number of benzene rings is 1. The summed E-state index contributed by atoms with van der Waals surface area (Å²) < 4.78 is 0.556. The summed E-state index contributed by atoms with van der Waals surface area (Å²) in [6.07, 6.45) is 0.225. The highest BCUT2D eigenvalue weighted by Crippen LogP contribution is 2.20. The van der Waals surface area contributed by atoms with E-state index in [1.807, 2.05) is 6.07 Å². The smallest absolute Gasteiger partial charge is 0.335 e. The number of urea groups is 1. The van der Waals surface area contributed by atoms with Crippen LogP contribution in [-0.4, -0.2) is 35.1 Å². The van der Waals surface area contributed by atoms with Gasteiger partial charge in [0.2, 0.25) is 0 Å². The SMILES string of the molecule is CC(CC#N)N(C)C(=O)Nc1cc(Br)cc(C(=O)O)c1. The Morgan fingerprint density at radius 1 is 1.50 bits per heavy atom. The van der Waals surface area contributed by atoms with Crippen molar-refractivity contribution in [2.45, 2.75) is 19.4 Å². The molecule has 0 spiro atoms. The van der Waals surface area contributed by atoms with Gasteiger partial charge in [-0.25, -0.2) is 9.59 Å². The summed E-state index contributed by atoms with van der Waals surface area (Å²) >= 11 is 3.19. The lowest BCUT2D eigenvalue weighted by atomic mass is 10.2. The minimum absolute atomic E-state index is 0.0717. The highest BCUT2D eigenvalue weighted by Gasteiger charge is 2.16. The van der Waals surface area contributed by atoms with Gasteiger partial charge in [0, 0.05) is 23.2 Å². The van der Waals surface area contributed by atoms with E-state index in [2.05, 4.69) is 21.2 Å². The molecule has 1 unspecified atom stereocenters. The van der Waals surface area contributed by atoms with E-state index >= 15 is 0 Å². The molecule has 7 heteroatoms. The molecule has 2 N–H and O–H groups in total. The predicted octanol–water partition coefficient (Wildman–Crippen LogP) is 2.91. The second kappa shape index (κ2) is 6.91. The van der Waals surface area contributed by atoms with Gasteiger partial charge in [0.05, 0.1) is 18.1 Å². The molecular weight excluding hydrogens is 326 g/mol. The third-order valence-corrected chi connectivity index (χ3v) is 3.22. The average Bonchev–Trinajstić information content (AvgIpc) is 2.37. The van der Waals surface area contributed by atoms with Crippen molar-refractivity contribution < 1.29 is 14.7 Å². The van der Waals surface area contributed by atoms with Crippen LogP contribution in [0.1, 0.15) is 23.7 Å². The number of aromatic carboxylic acids is 1. The van der Waals surface area contributed by atoms with Crippen LogP contribution >= 0.6 is 15.9 Å². The van der Waals surface area contributed by atoms with Crippen LogP contribution in [0.15, 0.2) is 22.7 Å². The fourth-order valence-electron chi connectivity index (χ4n) is 1.47. The molecule has 1 aromatic rings. The first-order chi connectivity index (χ1) is 9.35. The molecule has 0 saturated carbocycles. The molecule has 1 aromatic carbocycles. The Bertz CT molecular complexity index is 568. The summed E-state index contributed by atoms with van der Waals surface area (Å²) in [5, 5.41) is 20.2. The molecule has 2 amide bonds. The molecule has 0 aromatic heterocycles. The van der Waals surface area contributed by atoms with E-state index in [1.54, 1.807) is 20.0 Å². The van der Waals surface area contributed by atoms with Crippen molar-refractivity contribution in [1.82, 2.24) is 4.90 Å². The number of carboxylic acid groups (broad SMARTS) is 1. The number of amides is 2. The quantitative estimate of drug-likeness (QED) is 0.881. The Kier molecular flexibility index (Phi) is 5.53. The van der Waals surface area contributed by atoms with Crippen molar-refractivity contribution in [3.05, 3.63) is 28.2 Å². The summed E-state index contributed by atoms with van der Waals surface area (Å²) in [7, 11) is 1.58. The molecule has 0 radical (unpaired) electrons. The van der Waals surface area contributed by atoms with E-state index in [0.717, 1.165) is 0 Å². The van der Waals surface area contributed by atoms with Crippen molar-refractivity contribution in [3.8, 4) is 6.07 Å². The number of nitrogens with zero attached hydrogens (tertiary/aromatic N) is 2. The van der Waals surface area contributed by atoms with Gasteiger partial charge < -0.3 is 15.3 Å². The number of carbonyl (C=O) groups is 2. The van der Waals surface area contributed by atoms with E-state index < -0.39 is 12.0 Å². The van der Waals surface area contributed by atoms with Gasteiger partial charge in [-0.15, -0.1) is 0 Å². The van der Waals surface area contributed by atoms with Crippen molar-refractivity contribution in [2.24, 2.45) is 0 Å². The van der Waals surface area contributed by atoms with Crippen LogP contribution in [0.3, 0.4) is 0 Å². The zero-order valence-corrected chi connectivity index (χ0v) is 12.6. The highest BCUT2D eigenvalue weighted by atomic mass is 79.9. The van der Waals surface area contributed by atoms with Crippen molar-refractivity contribution in [1.29, 1.82) is 5.26 Å². The van der Waals surface area contributed by atoms with Gasteiger partial charge in [0.15, 0.2) is 0 Å². The molecule has 1 atom stereocenters. The number of halogens is 1. The molecule has 0 aliphatic carbocycles. The van der Waals surface area contributed by atoms with Gasteiger partial charge in [-0.1, -0.05) is 15.9 Å². The number of carboxylic acids is 1. The van der Waals surface area contributed by atoms with Gasteiger partial charge in [-0.2, -0.15) is 5.26 Å². The van der Waals surface area contributed by atoms with Crippen molar-refractivity contribution in [2.75, 3.05) is 12.4 Å². The Morgan fingerprint density at radius 2 is 2.15 bits per heavy atom. The highest BCUT2D eigenvalue weighted by molar-refractivity contribution is 9.10. The minimum Gasteiger partial charge on any atom is -0.478 e. The van der Waals surface area contributed by atoms with E-state index in [0.29, 0.717) is 10.2 Å². The van der Waals surface area contributed by atoms with Gasteiger partial charge in [0.1, 0.15) is 0 Å². The standard InChI is InChI=1S/C13H14BrN3O3/c1-8(3-4-15)17(2)13(20)16-11-6-9(12(18)19)5-10(14)7-11/h5-8H,3H2,1-2H3,(H,16,20)(H,18,19). The number of carbonyl (C=O) groups excluding carboxylic acids is 1. The Balaban J connectivity index is 2.86. The Morgan fingerprint density at radius 3 is 2.70 bits per heavy atom. The van der Waals surface area contributed by atoms with Crippen LogP contribution in [0, 0.1) is 11.3 Å². The summed E-state index contributed by atoms with van der Waals surface area (Å²) in [4.78, 5) is 24.3. The van der Waals surface area contributed by atoms with Crippen LogP contribution in [-0.2, 0) is 0 Å². The summed E-state index contributed by atoms with van der Waals surface area (Å²) in [5.41, 5.74) is 0.445. The van der Waals surface area contributed by atoms with Crippen molar-refractivity contribution >= 4 is 33.6 Å². The molecular formula is C13H14BrN3O3. The number of hydrogen-bond donors (Lipinski definition) is 2. The third-order valence-electron chi connectivity index (χ3n) is 2.76. The average molecular weight is 340 g/mol. The van der Waals surface area contributed by atoms with Crippen LogP contribution < -0.4 is 5.32 Å². The molecule has 0 bridgehead atoms. The molecule has 0 heterocycles. The monoisotopic (exact) mass is 339 g/mol. The first-order valence-corrected chi connectivity index (χ1v) is 6.59. The molecule has 1 rings (SSSR count). The number of hydrogen-bond acceptors (Lipinski definition) is 3. The molecule has 106 valence electrons. The zero-order valence-electron chi connectivity index (χ0n) is 11.1. The number of anilines is 1. The largest absolute Gasteiger partial charge is 0.478 e. The molecule has 0 fully saturated rings. The Labute approximate surface area is 125 Å². The minimum atomic E-state index is -1.08. The molecule has 6 nitrogen and oxygen atoms in total. The first kappa shape index (κ1) is 16.0. The fraction of sp³-hybridized carbons (Fsp3) is 0.308. The van der Waals surface area contributed by atoms with Crippen LogP contribution in [0.25, 0.3) is 0 Å². The van der Waals surface area contributed by atoms with Gasteiger partial charge >= 0.3 is 12.0 Å². The van der Waals surface area contributed by atoms with E-state index in [-0.39, 0.29) is 18.0 Å². The summed E-state index contributed by atoms with van der Waals surface area (Å²) in [6, 6.07) is 5.78. The molecule has 0 aliphatic heterocycles. The normalized spacial score (nSPS) is 11.3. The van der Waals surface area contributed by atoms with Gasteiger partial charge in [-0.05, 0) is 25.1 Å². The van der Waals surface area contributed by atoms with E-state index in [1.165, 1.54) is 17.0 Å². The topological polar surface area (TPSA) is 93.4 Å². The van der Waals surface area contributed by atoms with Crippen LogP contribution in [0.5, 0.6) is 0 Å². The second-order valence-electron chi connectivity index (χ2n) is 4.29. The number of nitrogens with one attached hydrogen (secondary N) is 1. The Hall–Kier alpha value is -2.07. The maximum atomic E-state index is 12.0. The molecule has 0 aliphatic rings. The molecule has 0 saturated heterocycles. The predicted molar refractivity (Wildman–Crippen MR) is 77.6 cm³/mol. The fourth-order valence-corrected chi connectivity index (χ4v) is 1.96. The van der Waals surface area contributed by atoms with E-state index in [9.17, 15) is 9.59 Å². The molecule has 20 heavy (non-hydrogen) atoms. The maximum Gasteiger partial charge on any atom is 0.335 e. The first-order valence-electron chi connectivity index (χ1n) is 5.79. The maximum absolute atomic E-state index is 12.0. The summed E-state index contributed by atoms with van der Waals surface area (Å²) in [6.45, 7) is 1.76. The lowest BCUT2D eigenvalue weighted by Crippen LogP contribution is -2.38. The van der Waals surface area contributed by atoms with Gasteiger partial charge in [-0.3, -0.25) is 0 Å². The summed E-state index contributed by atoms with van der Waals surface area (Å²) in [5.74, 6) is -1.08. The second-order valence-corrected chi connectivity index (χ2v) is 5.20. The third kappa shape index (κ3) is 4.24. The van der Waals surface area contributed by atoms with Crippen LogP contribution in [0.4, 0.5) is 10.5 Å². The van der Waals surface area contributed by atoms with Crippen molar-refractivity contribution in [3.63, 3.8) is 0 Å². The zero-order chi connectivity index (χ0) is 15.3. The lowest BCUT2D eigenvalue weighted by molar-refractivity contribution is 0.0696.